The molecule has 0 aliphatic carbocycles. The Morgan fingerprint density at radius 2 is 1.77 bits per heavy atom. The number of para-hydroxylation sites is 1. The number of ether oxygens (including phenoxy) is 2. The standard InChI is InChI=1S/C21H22F5NO3S/c1-10(2)9-12-14(20(28)30-4)16(19(22)23)27-18(21(24,25)26)15(12)17(31)11-7-5-6-8-13(11)29-3/h5-8,10,17,19,31H,9H2,1-4H3. The van der Waals surface area contributed by atoms with Gasteiger partial charge in [0.05, 0.1) is 25.0 Å². The van der Waals surface area contributed by atoms with Crippen molar-refractivity contribution in [2.24, 2.45) is 5.92 Å². The van der Waals surface area contributed by atoms with E-state index in [0.717, 1.165) is 7.11 Å². The maximum atomic E-state index is 14.0. The number of esters is 1. The number of hydrogen-bond donors (Lipinski definition) is 1. The van der Waals surface area contributed by atoms with Crippen molar-refractivity contribution < 1.29 is 36.2 Å². The normalized spacial score (nSPS) is 12.9. The molecule has 0 aliphatic heterocycles. The number of hydrogen-bond acceptors (Lipinski definition) is 5. The highest BCUT2D eigenvalue weighted by Crippen LogP contribution is 2.45. The van der Waals surface area contributed by atoms with E-state index in [-0.39, 0.29) is 29.2 Å². The molecule has 0 saturated heterocycles. The molecule has 0 bridgehead atoms. The first-order valence-corrected chi connectivity index (χ1v) is 9.76. The highest BCUT2D eigenvalue weighted by Gasteiger charge is 2.42. The number of halogens is 5. The minimum absolute atomic E-state index is 0.0999. The molecule has 0 amide bonds. The number of alkyl halides is 5. The fourth-order valence-electron chi connectivity index (χ4n) is 3.34. The van der Waals surface area contributed by atoms with Gasteiger partial charge in [-0.05, 0) is 24.0 Å². The molecule has 0 saturated carbocycles. The van der Waals surface area contributed by atoms with Crippen LogP contribution in [0.4, 0.5) is 22.0 Å². The summed E-state index contributed by atoms with van der Waals surface area (Å²) in [6.07, 6.45) is -8.58. The van der Waals surface area contributed by atoms with E-state index in [0.29, 0.717) is 0 Å². The molecule has 0 aliphatic rings. The first-order chi connectivity index (χ1) is 14.4. The van der Waals surface area contributed by atoms with Crippen molar-refractivity contribution >= 4 is 18.6 Å². The molecular weight excluding hydrogens is 441 g/mol. The third-order valence-electron chi connectivity index (χ3n) is 4.55. The Morgan fingerprint density at radius 3 is 2.26 bits per heavy atom. The lowest BCUT2D eigenvalue weighted by atomic mass is 9.87. The number of pyridine rings is 1. The van der Waals surface area contributed by atoms with E-state index < -0.39 is 46.3 Å². The second kappa shape index (κ2) is 9.84. The zero-order valence-electron chi connectivity index (χ0n) is 17.3. The quantitative estimate of drug-likeness (QED) is 0.309. The average Bonchev–Trinajstić information content (AvgIpc) is 2.70. The lowest BCUT2D eigenvalue weighted by Crippen LogP contribution is -2.23. The first-order valence-electron chi connectivity index (χ1n) is 9.25. The fraction of sp³-hybridized carbons (Fsp3) is 0.429. The number of carbonyl (C=O) groups is 1. The second-order valence-electron chi connectivity index (χ2n) is 7.15. The van der Waals surface area contributed by atoms with Crippen LogP contribution in [-0.2, 0) is 17.3 Å². The van der Waals surface area contributed by atoms with Crippen LogP contribution in [-0.4, -0.2) is 25.2 Å². The molecule has 1 aromatic carbocycles. The highest BCUT2D eigenvalue weighted by atomic mass is 32.1. The Balaban J connectivity index is 3.02. The summed E-state index contributed by atoms with van der Waals surface area (Å²) in [4.78, 5) is 15.6. The monoisotopic (exact) mass is 463 g/mol. The van der Waals surface area contributed by atoms with Gasteiger partial charge in [0, 0.05) is 11.1 Å². The van der Waals surface area contributed by atoms with Crippen molar-refractivity contribution in [3.63, 3.8) is 0 Å². The van der Waals surface area contributed by atoms with Crippen LogP contribution in [0.5, 0.6) is 5.75 Å². The number of nitrogens with zero attached hydrogens (tertiary/aromatic N) is 1. The summed E-state index contributed by atoms with van der Waals surface area (Å²) in [5.74, 6) is -1.20. The lowest BCUT2D eigenvalue weighted by Gasteiger charge is -2.26. The van der Waals surface area contributed by atoms with Gasteiger partial charge in [0.25, 0.3) is 6.43 Å². The van der Waals surface area contributed by atoms with Crippen molar-refractivity contribution in [1.82, 2.24) is 4.98 Å². The van der Waals surface area contributed by atoms with Gasteiger partial charge in [0.1, 0.15) is 17.1 Å². The fourth-order valence-corrected chi connectivity index (χ4v) is 3.83. The van der Waals surface area contributed by atoms with E-state index in [4.69, 9.17) is 4.74 Å². The van der Waals surface area contributed by atoms with Gasteiger partial charge in [-0.25, -0.2) is 18.6 Å². The van der Waals surface area contributed by atoms with Gasteiger partial charge in [-0.3, -0.25) is 0 Å². The Morgan fingerprint density at radius 1 is 1.16 bits per heavy atom. The van der Waals surface area contributed by atoms with Crippen LogP contribution < -0.4 is 4.74 Å². The molecule has 31 heavy (non-hydrogen) atoms. The summed E-state index contributed by atoms with van der Waals surface area (Å²) in [5, 5.41) is -1.26. The Labute approximate surface area is 182 Å². The largest absolute Gasteiger partial charge is 0.496 e. The number of thiol groups is 1. The molecular formula is C21H22F5NO3S. The molecule has 0 spiro atoms. The molecule has 170 valence electrons. The summed E-state index contributed by atoms with van der Waals surface area (Å²) < 4.78 is 79.2. The van der Waals surface area contributed by atoms with Crippen molar-refractivity contribution in [3.05, 3.63) is 57.9 Å². The molecule has 10 heteroatoms. The van der Waals surface area contributed by atoms with E-state index >= 15 is 0 Å². The van der Waals surface area contributed by atoms with Gasteiger partial charge < -0.3 is 9.47 Å². The highest BCUT2D eigenvalue weighted by molar-refractivity contribution is 7.80. The zero-order valence-corrected chi connectivity index (χ0v) is 18.2. The van der Waals surface area contributed by atoms with Gasteiger partial charge in [0.15, 0.2) is 0 Å². The van der Waals surface area contributed by atoms with Crippen LogP contribution in [0.2, 0.25) is 0 Å². The Hall–Kier alpha value is -2.36. The summed E-state index contributed by atoms with van der Waals surface area (Å²) in [5.41, 5.74) is -3.87. The molecule has 1 atom stereocenters. The smallest absolute Gasteiger partial charge is 0.433 e. The van der Waals surface area contributed by atoms with E-state index in [1.165, 1.54) is 19.2 Å². The summed E-state index contributed by atoms with van der Waals surface area (Å²) >= 11 is 4.40. The number of methoxy groups -OCH3 is 2. The number of rotatable bonds is 7. The SMILES string of the molecule is COC(=O)c1c(C(F)F)nc(C(F)(F)F)c(C(S)c2ccccc2OC)c1CC(C)C. The first kappa shape index (κ1) is 24.9. The van der Waals surface area contributed by atoms with Crippen LogP contribution in [0.15, 0.2) is 24.3 Å². The van der Waals surface area contributed by atoms with Crippen molar-refractivity contribution in [1.29, 1.82) is 0 Å². The van der Waals surface area contributed by atoms with Gasteiger partial charge in [-0.1, -0.05) is 32.0 Å². The van der Waals surface area contributed by atoms with Crippen LogP contribution in [0.25, 0.3) is 0 Å². The van der Waals surface area contributed by atoms with E-state index in [2.05, 4.69) is 22.3 Å². The third kappa shape index (κ3) is 5.28. The Bertz CT molecular complexity index is 947. The zero-order chi connectivity index (χ0) is 23.5. The van der Waals surface area contributed by atoms with Gasteiger partial charge in [-0.15, -0.1) is 0 Å². The predicted octanol–water partition coefficient (Wildman–Crippen LogP) is 6.05. The molecule has 2 aromatic rings. The molecule has 1 heterocycles. The molecule has 2 rings (SSSR count). The maximum absolute atomic E-state index is 14.0. The molecule has 1 aromatic heterocycles. The van der Waals surface area contributed by atoms with Crippen LogP contribution in [0.1, 0.15) is 64.0 Å². The van der Waals surface area contributed by atoms with Crippen molar-refractivity contribution in [3.8, 4) is 5.75 Å². The van der Waals surface area contributed by atoms with E-state index in [9.17, 15) is 26.7 Å². The number of benzene rings is 1. The third-order valence-corrected chi connectivity index (χ3v) is 5.09. The number of aromatic nitrogens is 1. The lowest BCUT2D eigenvalue weighted by molar-refractivity contribution is -0.142. The van der Waals surface area contributed by atoms with E-state index in [1.807, 2.05) is 0 Å². The summed E-state index contributed by atoms with van der Waals surface area (Å²) in [7, 11) is 2.31. The van der Waals surface area contributed by atoms with Crippen LogP contribution in [0, 0.1) is 5.92 Å². The second-order valence-corrected chi connectivity index (χ2v) is 7.66. The minimum Gasteiger partial charge on any atom is -0.496 e. The van der Waals surface area contributed by atoms with Crippen molar-refractivity contribution in [2.45, 2.75) is 38.1 Å². The van der Waals surface area contributed by atoms with Crippen LogP contribution in [0.3, 0.4) is 0 Å². The number of carbonyl (C=O) groups excluding carboxylic acids is 1. The molecule has 0 radical (unpaired) electrons. The molecule has 4 nitrogen and oxygen atoms in total. The van der Waals surface area contributed by atoms with Crippen LogP contribution >= 0.6 is 12.6 Å². The maximum Gasteiger partial charge on any atom is 0.433 e. The Kier molecular flexibility index (Phi) is 7.91. The molecule has 0 fully saturated rings. The van der Waals surface area contributed by atoms with E-state index in [1.54, 1.807) is 26.0 Å². The predicted molar refractivity (Wildman–Crippen MR) is 108 cm³/mol. The van der Waals surface area contributed by atoms with Gasteiger partial charge in [-0.2, -0.15) is 25.8 Å². The minimum atomic E-state index is -5.07. The van der Waals surface area contributed by atoms with Crippen molar-refractivity contribution in [2.75, 3.05) is 14.2 Å². The molecule has 1 unspecified atom stereocenters. The van der Waals surface area contributed by atoms with Gasteiger partial charge >= 0.3 is 12.1 Å². The average molecular weight is 463 g/mol. The molecule has 0 N–H and O–H groups in total. The van der Waals surface area contributed by atoms with Gasteiger partial charge in [0.2, 0.25) is 0 Å². The summed E-state index contributed by atoms with van der Waals surface area (Å²) in [6, 6.07) is 6.25. The summed E-state index contributed by atoms with van der Waals surface area (Å²) in [6.45, 7) is 3.38. The topological polar surface area (TPSA) is 48.4 Å².